The third-order valence-electron chi connectivity index (χ3n) is 1.38. The van der Waals surface area contributed by atoms with Crippen molar-refractivity contribution in [1.82, 2.24) is 5.16 Å². The smallest absolute Gasteiger partial charge is 0.171 e. The second-order valence-electron chi connectivity index (χ2n) is 2.56. The second kappa shape index (κ2) is 4.08. The van der Waals surface area contributed by atoms with Crippen LogP contribution in [-0.2, 0) is 0 Å². The summed E-state index contributed by atoms with van der Waals surface area (Å²) in [5.74, 6) is 1.24. The SMILES string of the molecule is Cc1cc(NC(O)CCN)no1. The fourth-order valence-corrected chi connectivity index (χ4v) is 0.835. The highest BCUT2D eigenvalue weighted by atomic mass is 16.5. The molecular formula is C7H13N3O2. The Morgan fingerprint density at radius 1 is 1.83 bits per heavy atom. The molecule has 1 rings (SSSR count). The van der Waals surface area contributed by atoms with Gasteiger partial charge in [-0.2, -0.15) is 0 Å². The molecular weight excluding hydrogens is 158 g/mol. The second-order valence-corrected chi connectivity index (χ2v) is 2.56. The van der Waals surface area contributed by atoms with Gasteiger partial charge < -0.3 is 20.7 Å². The topological polar surface area (TPSA) is 84.3 Å². The van der Waals surface area contributed by atoms with Crippen LogP contribution >= 0.6 is 0 Å². The molecule has 0 aliphatic carbocycles. The van der Waals surface area contributed by atoms with Crippen molar-refractivity contribution in [3.8, 4) is 0 Å². The molecule has 4 N–H and O–H groups in total. The van der Waals surface area contributed by atoms with Crippen molar-refractivity contribution in [2.24, 2.45) is 5.73 Å². The molecule has 5 heteroatoms. The lowest BCUT2D eigenvalue weighted by molar-refractivity contribution is 0.194. The molecule has 0 aliphatic heterocycles. The first-order valence-electron chi connectivity index (χ1n) is 3.80. The summed E-state index contributed by atoms with van der Waals surface area (Å²) in [7, 11) is 0. The van der Waals surface area contributed by atoms with Gasteiger partial charge in [-0.3, -0.25) is 0 Å². The number of nitrogens with one attached hydrogen (secondary N) is 1. The van der Waals surface area contributed by atoms with E-state index in [9.17, 15) is 5.11 Å². The molecule has 0 aliphatic rings. The molecule has 1 aromatic rings. The van der Waals surface area contributed by atoms with Gasteiger partial charge in [-0.15, -0.1) is 0 Å². The van der Waals surface area contributed by atoms with E-state index >= 15 is 0 Å². The molecule has 12 heavy (non-hydrogen) atoms. The van der Waals surface area contributed by atoms with Crippen molar-refractivity contribution >= 4 is 5.82 Å². The standard InChI is InChI=1S/C7H13N3O2/c1-5-4-6(10-12-5)9-7(11)2-3-8/h4,7,11H,2-3,8H2,1H3,(H,9,10). The van der Waals surface area contributed by atoms with Gasteiger partial charge in [-0.05, 0) is 13.5 Å². The molecule has 1 atom stereocenters. The van der Waals surface area contributed by atoms with Crippen LogP contribution in [0.4, 0.5) is 5.82 Å². The van der Waals surface area contributed by atoms with Crippen molar-refractivity contribution in [2.75, 3.05) is 11.9 Å². The first kappa shape index (κ1) is 9.02. The predicted octanol–water partition coefficient (Wildman–Crippen LogP) is 0.0621. The number of anilines is 1. The summed E-state index contributed by atoms with van der Waals surface area (Å²) in [6.45, 7) is 2.22. The maximum Gasteiger partial charge on any atom is 0.171 e. The molecule has 68 valence electrons. The lowest BCUT2D eigenvalue weighted by atomic mass is 10.4. The van der Waals surface area contributed by atoms with Crippen LogP contribution in [0, 0.1) is 6.92 Å². The number of aromatic nitrogens is 1. The molecule has 0 saturated carbocycles. The van der Waals surface area contributed by atoms with Crippen LogP contribution in [0.3, 0.4) is 0 Å². The summed E-state index contributed by atoms with van der Waals surface area (Å²) in [5.41, 5.74) is 5.24. The van der Waals surface area contributed by atoms with Gasteiger partial charge in [-0.25, -0.2) is 0 Å². The van der Waals surface area contributed by atoms with Crippen LogP contribution in [0.15, 0.2) is 10.6 Å². The average molecular weight is 171 g/mol. The van der Waals surface area contributed by atoms with E-state index in [1.54, 1.807) is 13.0 Å². The van der Waals surface area contributed by atoms with E-state index in [-0.39, 0.29) is 0 Å². The fourth-order valence-electron chi connectivity index (χ4n) is 0.835. The molecule has 1 aromatic heterocycles. The average Bonchev–Trinajstić information content (AvgIpc) is 2.36. The summed E-state index contributed by atoms with van der Waals surface area (Å²) in [6.07, 6.45) is -0.161. The summed E-state index contributed by atoms with van der Waals surface area (Å²) in [5, 5.41) is 15.6. The molecule has 0 saturated heterocycles. The number of nitrogens with zero attached hydrogens (tertiary/aromatic N) is 1. The van der Waals surface area contributed by atoms with E-state index < -0.39 is 6.23 Å². The van der Waals surface area contributed by atoms with Gasteiger partial charge in [0.1, 0.15) is 12.0 Å². The molecule has 0 spiro atoms. The Labute approximate surface area is 70.5 Å². The van der Waals surface area contributed by atoms with Gasteiger partial charge in [0.15, 0.2) is 5.82 Å². The van der Waals surface area contributed by atoms with Crippen molar-refractivity contribution in [1.29, 1.82) is 0 Å². The van der Waals surface area contributed by atoms with E-state index in [0.29, 0.717) is 24.5 Å². The van der Waals surface area contributed by atoms with Gasteiger partial charge in [0.2, 0.25) is 0 Å². The maximum absolute atomic E-state index is 9.24. The van der Waals surface area contributed by atoms with Gasteiger partial charge in [-0.1, -0.05) is 5.16 Å². The third-order valence-corrected chi connectivity index (χ3v) is 1.38. The zero-order chi connectivity index (χ0) is 8.97. The first-order valence-corrected chi connectivity index (χ1v) is 3.80. The zero-order valence-electron chi connectivity index (χ0n) is 6.95. The third kappa shape index (κ3) is 2.52. The fraction of sp³-hybridized carbons (Fsp3) is 0.571. The van der Waals surface area contributed by atoms with E-state index in [0.717, 1.165) is 0 Å². The summed E-state index contributed by atoms with van der Waals surface area (Å²) < 4.78 is 4.79. The molecule has 0 aromatic carbocycles. The van der Waals surface area contributed by atoms with Crippen molar-refractivity contribution in [3.05, 3.63) is 11.8 Å². The summed E-state index contributed by atoms with van der Waals surface area (Å²) in [6, 6.07) is 1.71. The van der Waals surface area contributed by atoms with Gasteiger partial charge in [0.05, 0.1) is 0 Å². The summed E-state index contributed by atoms with van der Waals surface area (Å²) >= 11 is 0. The lowest BCUT2D eigenvalue weighted by Crippen LogP contribution is -2.22. The Balaban J connectivity index is 2.41. The van der Waals surface area contributed by atoms with E-state index in [1.165, 1.54) is 0 Å². The number of aliphatic hydroxyl groups excluding tert-OH is 1. The van der Waals surface area contributed by atoms with Crippen LogP contribution < -0.4 is 11.1 Å². The zero-order valence-corrected chi connectivity index (χ0v) is 6.95. The largest absolute Gasteiger partial charge is 0.374 e. The highest BCUT2D eigenvalue weighted by Crippen LogP contribution is 2.08. The van der Waals surface area contributed by atoms with E-state index in [1.807, 2.05) is 0 Å². The molecule has 1 heterocycles. The Morgan fingerprint density at radius 2 is 2.58 bits per heavy atom. The van der Waals surface area contributed by atoms with Crippen LogP contribution in [0.2, 0.25) is 0 Å². The minimum atomic E-state index is -0.653. The van der Waals surface area contributed by atoms with E-state index in [4.69, 9.17) is 10.3 Å². The highest BCUT2D eigenvalue weighted by molar-refractivity contribution is 5.33. The van der Waals surface area contributed by atoms with Crippen LogP contribution in [0.25, 0.3) is 0 Å². The Kier molecular flexibility index (Phi) is 3.07. The first-order chi connectivity index (χ1) is 5.72. The predicted molar refractivity (Wildman–Crippen MR) is 44.5 cm³/mol. The number of aryl methyl sites for hydroxylation is 1. The van der Waals surface area contributed by atoms with Crippen molar-refractivity contribution in [2.45, 2.75) is 19.6 Å². The van der Waals surface area contributed by atoms with E-state index in [2.05, 4.69) is 10.5 Å². The van der Waals surface area contributed by atoms with Crippen LogP contribution in [-0.4, -0.2) is 23.0 Å². The number of nitrogens with two attached hydrogens (primary N) is 1. The highest BCUT2D eigenvalue weighted by Gasteiger charge is 2.04. The molecule has 0 amide bonds. The molecule has 0 bridgehead atoms. The number of hydrogen-bond donors (Lipinski definition) is 3. The lowest BCUT2D eigenvalue weighted by Gasteiger charge is -2.08. The Hall–Kier alpha value is -1.07. The minimum Gasteiger partial charge on any atom is -0.374 e. The van der Waals surface area contributed by atoms with Crippen molar-refractivity contribution < 1.29 is 9.63 Å². The minimum absolute atomic E-state index is 0.436. The maximum atomic E-state index is 9.24. The van der Waals surface area contributed by atoms with Gasteiger partial charge >= 0.3 is 0 Å². The van der Waals surface area contributed by atoms with Crippen molar-refractivity contribution in [3.63, 3.8) is 0 Å². The molecule has 0 radical (unpaired) electrons. The monoisotopic (exact) mass is 171 g/mol. The van der Waals surface area contributed by atoms with Crippen LogP contribution in [0.5, 0.6) is 0 Å². The number of rotatable bonds is 4. The normalized spacial score (nSPS) is 12.9. The van der Waals surface area contributed by atoms with Gasteiger partial charge in [0.25, 0.3) is 0 Å². The quantitative estimate of drug-likeness (QED) is 0.558. The number of hydrogen-bond acceptors (Lipinski definition) is 5. The Bertz CT molecular complexity index is 236. The Morgan fingerprint density at radius 3 is 3.08 bits per heavy atom. The molecule has 0 fully saturated rings. The summed E-state index contributed by atoms with van der Waals surface area (Å²) in [4.78, 5) is 0. The number of aliphatic hydroxyl groups is 1. The van der Waals surface area contributed by atoms with Gasteiger partial charge in [0, 0.05) is 12.5 Å². The van der Waals surface area contributed by atoms with Crippen LogP contribution in [0.1, 0.15) is 12.2 Å². The molecule has 1 unspecified atom stereocenters. The molecule has 5 nitrogen and oxygen atoms in total.